The van der Waals surface area contributed by atoms with E-state index in [-0.39, 0.29) is 29.4 Å². The maximum absolute atomic E-state index is 10.6. The first kappa shape index (κ1) is 16.6. The van der Waals surface area contributed by atoms with Crippen molar-refractivity contribution in [2.45, 2.75) is 31.9 Å². The van der Waals surface area contributed by atoms with Gasteiger partial charge in [0.25, 0.3) is 5.69 Å². The number of hydrogen-bond donors (Lipinski definition) is 3. The summed E-state index contributed by atoms with van der Waals surface area (Å²) in [5.41, 5.74) is 5.80. The predicted octanol–water partition coefficient (Wildman–Crippen LogP) is 1.88. The summed E-state index contributed by atoms with van der Waals surface area (Å²) in [6.45, 7) is 1.89. The van der Waals surface area contributed by atoms with Crippen LogP contribution in [0.5, 0.6) is 5.75 Å². The summed E-state index contributed by atoms with van der Waals surface area (Å²) < 4.78 is 0. The Kier molecular flexibility index (Phi) is 6.61. The monoisotopic (exact) mass is 276 g/mol. The molecule has 7 heteroatoms. The van der Waals surface area contributed by atoms with Gasteiger partial charge in [-0.3, -0.25) is 10.1 Å². The molecule has 0 spiro atoms. The van der Waals surface area contributed by atoms with Crippen molar-refractivity contribution in [3.8, 4) is 5.75 Å². The maximum atomic E-state index is 10.6. The number of nitro groups is 1. The quantitative estimate of drug-likeness (QED) is 0.562. The Hall–Kier alpha value is -1.37. The fourth-order valence-corrected chi connectivity index (χ4v) is 1.61. The highest BCUT2D eigenvalue weighted by Crippen LogP contribution is 2.29. The molecule has 0 aliphatic carbocycles. The van der Waals surface area contributed by atoms with Crippen molar-refractivity contribution < 1.29 is 15.1 Å². The normalized spacial score (nSPS) is 13.5. The van der Waals surface area contributed by atoms with E-state index >= 15 is 0 Å². The van der Waals surface area contributed by atoms with Gasteiger partial charge in [-0.05, 0) is 12.5 Å². The molecule has 0 unspecified atom stereocenters. The summed E-state index contributed by atoms with van der Waals surface area (Å²) in [6, 6.07) is 2.78. The van der Waals surface area contributed by atoms with Gasteiger partial charge in [0.05, 0.1) is 17.1 Å². The Morgan fingerprint density at radius 3 is 2.61 bits per heavy atom. The first-order valence-electron chi connectivity index (χ1n) is 5.38. The van der Waals surface area contributed by atoms with Crippen LogP contribution in [0, 0.1) is 10.1 Å². The molecule has 0 amide bonds. The molecule has 1 aromatic rings. The Bertz CT molecular complexity index is 414. The number of aliphatic hydroxyl groups is 1. The number of rotatable bonds is 5. The topological polar surface area (TPSA) is 110 Å². The molecule has 0 fully saturated rings. The molecular formula is C11H17ClN2O4. The van der Waals surface area contributed by atoms with Crippen molar-refractivity contribution in [3.05, 3.63) is 33.9 Å². The number of nitro benzene ring substituents is 1. The van der Waals surface area contributed by atoms with Gasteiger partial charge in [-0.2, -0.15) is 0 Å². The number of halogens is 1. The molecule has 0 aromatic heterocycles. The molecule has 1 rings (SSSR count). The molecule has 0 aliphatic rings. The highest BCUT2D eigenvalue weighted by atomic mass is 35.5. The minimum atomic E-state index is -0.826. The van der Waals surface area contributed by atoms with Crippen LogP contribution in [0.2, 0.25) is 0 Å². The second kappa shape index (κ2) is 7.15. The van der Waals surface area contributed by atoms with Crippen LogP contribution in [0.15, 0.2) is 18.2 Å². The van der Waals surface area contributed by atoms with Crippen LogP contribution in [0.4, 0.5) is 5.69 Å². The Labute approximate surface area is 111 Å². The number of hydrogen-bond acceptors (Lipinski definition) is 5. The van der Waals surface area contributed by atoms with Crippen LogP contribution in [0.25, 0.3) is 0 Å². The number of nitrogens with zero attached hydrogens (tertiary/aromatic N) is 1. The minimum absolute atomic E-state index is 0. The van der Waals surface area contributed by atoms with Gasteiger partial charge < -0.3 is 15.9 Å². The standard InChI is InChI=1S/C11H16N2O4.ClH/c1-2-3-10(15)11(12)8-6-7(13(16)17)4-5-9(8)14;/h4-6,10-11,14-15H,2-3,12H2,1H3;1H/t10-,11+;/m0./s1. The van der Waals surface area contributed by atoms with Gasteiger partial charge in [0.2, 0.25) is 0 Å². The zero-order valence-corrected chi connectivity index (χ0v) is 10.8. The Balaban J connectivity index is 0.00000289. The molecule has 0 aliphatic heterocycles. The van der Waals surface area contributed by atoms with Gasteiger partial charge in [0.15, 0.2) is 0 Å². The van der Waals surface area contributed by atoms with Gasteiger partial charge in [0, 0.05) is 17.7 Å². The van der Waals surface area contributed by atoms with Crippen LogP contribution in [0.1, 0.15) is 31.4 Å². The zero-order chi connectivity index (χ0) is 13.0. The second-order valence-electron chi connectivity index (χ2n) is 3.88. The third kappa shape index (κ3) is 3.83. The summed E-state index contributed by atoms with van der Waals surface area (Å²) in [6.07, 6.45) is 0.390. The number of phenols is 1. The first-order valence-corrected chi connectivity index (χ1v) is 5.38. The van der Waals surface area contributed by atoms with E-state index in [0.29, 0.717) is 6.42 Å². The van der Waals surface area contributed by atoms with Crippen molar-refractivity contribution in [1.29, 1.82) is 0 Å². The molecule has 0 saturated carbocycles. The fraction of sp³-hybridized carbons (Fsp3) is 0.455. The second-order valence-corrected chi connectivity index (χ2v) is 3.88. The van der Waals surface area contributed by atoms with Crippen LogP contribution in [0.3, 0.4) is 0 Å². The van der Waals surface area contributed by atoms with Crippen LogP contribution < -0.4 is 5.73 Å². The smallest absolute Gasteiger partial charge is 0.270 e. The average molecular weight is 277 g/mol. The lowest BCUT2D eigenvalue weighted by Gasteiger charge is -2.19. The van der Waals surface area contributed by atoms with E-state index in [1.165, 1.54) is 18.2 Å². The Morgan fingerprint density at radius 1 is 1.50 bits per heavy atom. The SMILES string of the molecule is CCC[C@H](O)[C@H](N)c1cc([N+](=O)[O-])ccc1O.Cl. The predicted molar refractivity (Wildman–Crippen MR) is 69.9 cm³/mol. The molecule has 1 aromatic carbocycles. The first-order chi connectivity index (χ1) is 7.97. The van der Waals surface area contributed by atoms with Gasteiger partial charge in [-0.25, -0.2) is 0 Å². The van der Waals surface area contributed by atoms with E-state index in [4.69, 9.17) is 5.73 Å². The van der Waals surface area contributed by atoms with E-state index in [9.17, 15) is 20.3 Å². The summed E-state index contributed by atoms with van der Waals surface area (Å²) >= 11 is 0. The van der Waals surface area contributed by atoms with E-state index in [1.54, 1.807) is 0 Å². The lowest BCUT2D eigenvalue weighted by atomic mass is 9.98. The number of benzene rings is 1. The molecule has 0 bridgehead atoms. The van der Waals surface area contributed by atoms with Crippen molar-refractivity contribution >= 4 is 18.1 Å². The summed E-state index contributed by atoms with van der Waals surface area (Å²) in [5, 5.41) is 29.9. The minimum Gasteiger partial charge on any atom is -0.508 e. The van der Waals surface area contributed by atoms with Crippen molar-refractivity contribution in [1.82, 2.24) is 0 Å². The molecule has 0 heterocycles. The van der Waals surface area contributed by atoms with E-state index in [0.717, 1.165) is 6.42 Å². The van der Waals surface area contributed by atoms with Gasteiger partial charge in [-0.15, -0.1) is 12.4 Å². The van der Waals surface area contributed by atoms with Gasteiger partial charge in [-0.1, -0.05) is 13.3 Å². The molecule has 18 heavy (non-hydrogen) atoms. The average Bonchev–Trinajstić information content (AvgIpc) is 2.28. The lowest BCUT2D eigenvalue weighted by Crippen LogP contribution is -2.26. The van der Waals surface area contributed by atoms with Crippen LogP contribution in [-0.2, 0) is 0 Å². The lowest BCUT2D eigenvalue weighted by molar-refractivity contribution is -0.385. The Morgan fingerprint density at radius 2 is 2.11 bits per heavy atom. The zero-order valence-electron chi connectivity index (χ0n) is 9.94. The van der Waals surface area contributed by atoms with Gasteiger partial charge in [0.1, 0.15) is 5.75 Å². The molecule has 2 atom stereocenters. The van der Waals surface area contributed by atoms with Crippen LogP contribution in [-0.4, -0.2) is 21.2 Å². The number of aliphatic hydroxyl groups excluding tert-OH is 1. The number of phenolic OH excluding ortho intramolecular Hbond substituents is 1. The summed E-state index contributed by atoms with van der Waals surface area (Å²) in [7, 11) is 0. The molecule has 0 saturated heterocycles. The summed E-state index contributed by atoms with van der Waals surface area (Å²) in [4.78, 5) is 10.0. The third-order valence-electron chi connectivity index (χ3n) is 2.58. The van der Waals surface area contributed by atoms with E-state index in [1.807, 2.05) is 6.92 Å². The number of non-ortho nitro benzene ring substituents is 1. The fourth-order valence-electron chi connectivity index (χ4n) is 1.61. The molecule has 102 valence electrons. The third-order valence-corrected chi connectivity index (χ3v) is 2.58. The molecule has 6 nitrogen and oxygen atoms in total. The molecule has 0 radical (unpaired) electrons. The van der Waals surface area contributed by atoms with Gasteiger partial charge >= 0.3 is 0 Å². The number of aromatic hydroxyl groups is 1. The number of nitrogens with two attached hydrogens (primary N) is 1. The highest BCUT2D eigenvalue weighted by Gasteiger charge is 2.21. The highest BCUT2D eigenvalue weighted by molar-refractivity contribution is 5.85. The van der Waals surface area contributed by atoms with Crippen molar-refractivity contribution in [3.63, 3.8) is 0 Å². The molecule has 4 N–H and O–H groups in total. The van der Waals surface area contributed by atoms with Crippen molar-refractivity contribution in [2.75, 3.05) is 0 Å². The maximum Gasteiger partial charge on any atom is 0.270 e. The summed E-state index contributed by atoms with van der Waals surface area (Å²) in [5.74, 6) is -0.141. The largest absolute Gasteiger partial charge is 0.508 e. The molecular weight excluding hydrogens is 260 g/mol. The van der Waals surface area contributed by atoms with E-state index < -0.39 is 17.1 Å². The van der Waals surface area contributed by atoms with E-state index in [2.05, 4.69) is 0 Å². The van der Waals surface area contributed by atoms with Crippen LogP contribution >= 0.6 is 12.4 Å². The van der Waals surface area contributed by atoms with Crippen molar-refractivity contribution in [2.24, 2.45) is 5.73 Å².